The van der Waals surface area contributed by atoms with E-state index < -0.39 is 12.3 Å². The SMILES string of the molecule is CC(=O)Oc1cccc(CO)c1OC(C)O. The van der Waals surface area contributed by atoms with Gasteiger partial charge < -0.3 is 19.7 Å². The third-order valence-electron chi connectivity index (χ3n) is 1.77. The number of benzene rings is 1. The van der Waals surface area contributed by atoms with Gasteiger partial charge in [-0.15, -0.1) is 0 Å². The van der Waals surface area contributed by atoms with Crippen LogP contribution in [0.15, 0.2) is 18.2 Å². The number of esters is 1. The molecule has 0 spiro atoms. The minimum absolute atomic E-state index is 0.176. The van der Waals surface area contributed by atoms with Crippen LogP contribution in [0.3, 0.4) is 0 Å². The van der Waals surface area contributed by atoms with E-state index in [2.05, 4.69) is 0 Å². The summed E-state index contributed by atoms with van der Waals surface area (Å²) in [6, 6.07) is 4.77. The van der Waals surface area contributed by atoms with Gasteiger partial charge in [0.05, 0.1) is 6.61 Å². The van der Waals surface area contributed by atoms with Crippen LogP contribution in [-0.4, -0.2) is 22.5 Å². The van der Waals surface area contributed by atoms with E-state index in [9.17, 15) is 4.79 Å². The van der Waals surface area contributed by atoms with Crippen molar-refractivity contribution in [1.29, 1.82) is 0 Å². The van der Waals surface area contributed by atoms with E-state index >= 15 is 0 Å². The molecular weight excluding hydrogens is 212 g/mol. The molecular formula is C11H14O5. The molecule has 1 aromatic carbocycles. The molecule has 1 atom stereocenters. The molecule has 0 fully saturated rings. The van der Waals surface area contributed by atoms with Gasteiger partial charge in [-0.3, -0.25) is 4.79 Å². The maximum atomic E-state index is 10.8. The number of para-hydroxylation sites is 1. The molecule has 0 aliphatic heterocycles. The van der Waals surface area contributed by atoms with Crippen LogP contribution in [0.5, 0.6) is 11.5 Å². The highest BCUT2D eigenvalue weighted by molar-refractivity contribution is 5.70. The maximum absolute atomic E-state index is 10.8. The van der Waals surface area contributed by atoms with Crippen molar-refractivity contribution in [3.05, 3.63) is 23.8 Å². The molecule has 0 saturated carbocycles. The zero-order valence-corrected chi connectivity index (χ0v) is 9.14. The number of hydrogen-bond donors (Lipinski definition) is 2. The lowest BCUT2D eigenvalue weighted by molar-refractivity contribution is -0.132. The Morgan fingerprint density at radius 1 is 1.50 bits per heavy atom. The first-order chi connectivity index (χ1) is 7.54. The van der Waals surface area contributed by atoms with E-state index in [1.54, 1.807) is 12.1 Å². The topological polar surface area (TPSA) is 76.0 Å². The molecule has 1 rings (SSSR count). The number of aliphatic hydroxyl groups is 2. The summed E-state index contributed by atoms with van der Waals surface area (Å²) in [5.41, 5.74) is 0.444. The van der Waals surface area contributed by atoms with E-state index in [4.69, 9.17) is 19.7 Å². The molecule has 0 radical (unpaired) electrons. The predicted molar refractivity (Wildman–Crippen MR) is 56.0 cm³/mol. The van der Waals surface area contributed by atoms with E-state index in [-0.39, 0.29) is 18.1 Å². The quantitative estimate of drug-likeness (QED) is 0.451. The molecule has 0 heterocycles. The molecule has 0 saturated heterocycles. The Labute approximate surface area is 93.2 Å². The molecule has 0 aromatic heterocycles. The Morgan fingerprint density at radius 2 is 2.19 bits per heavy atom. The highest BCUT2D eigenvalue weighted by Crippen LogP contribution is 2.32. The van der Waals surface area contributed by atoms with Crippen LogP contribution in [-0.2, 0) is 11.4 Å². The molecule has 1 unspecified atom stereocenters. The lowest BCUT2D eigenvalue weighted by Gasteiger charge is -2.15. The molecule has 0 amide bonds. The molecule has 5 nitrogen and oxygen atoms in total. The first-order valence-electron chi connectivity index (χ1n) is 4.80. The van der Waals surface area contributed by atoms with Gasteiger partial charge in [0.1, 0.15) is 0 Å². The van der Waals surface area contributed by atoms with Crippen molar-refractivity contribution in [2.75, 3.05) is 0 Å². The fraction of sp³-hybridized carbons (Fsp3) is 0.364. The second kappa shape index (κ2) is 5.48. The van der Waals surface area contributed by atoms with Crippen LogP contribution in [0.25, 0.3) is 0 Å². The summed E-state index contributed by atoms with van der Waals surface area (Å²) < 4.78 is 9.99. The minimum Gasteiger partial charge on any atom is -0.461 e. The molecule has 88 valence electrons. The Bertz CT molecular complexity index is 373. The number of ether oxygens (including phenoxy) is 2. The summed E-state index contributed by atoms with van der Waals surface area (Å²) in [4.78, 5) is 10.8. The van der Waals surface area contributed by atoms with Crippen LogP contribution in [0.1, 0.15) is 19.4 Å². The Hall–Kier alpha value is -1.59. The third-order valence-corrected chi connectivity index (χ3v) is 1.77. The van der Waals surface area contributed by atoms with Gasteiger partial charge in [-0.25, -0.2) is 0 Å². The van der Waals surface area contributed by atoms with Gasteiger partial charge in [-0.1, -0.05) is 12.1 Å². The molecule has 16 heavy (non-hydrogen) atoms. The van der Waals surface area contributed by atoms with Gasteiger partial charge in [0.25, 0.3) is 0 Å². The summed E-state index contributed by atoms with van der Waals surface area (Å²) in [7, 11) is 0. The molecule has 0 aliphatic rings. The van der Waals surface area contributed by atoms with Gasteiger partial charge in [0.2, 0.25) is 0 Å². The summed E-state index contributed by atoms with van der Waals surface area (Å²) >= 11 is 0. The van der Waals surface area contributed by atoms with Crippen molar-refractivity contribution < 1.29 is 24.5 Å². The van der Waals surface area contributed by atoms with Crippen LogP contribution in [0.4, 0.5) is 0 Å². The molecule has 1 aromatic rings. The average Bonchev–Trinajstić information content (AvgIpc) is 2.19. The van der Waals surface area contributed by atoms with Crippen LogP contribution >= 0.6 is 0 Å². The van der Waals surface area contributed by atoms with Crippen molar-refractivity contribution in [1.82, 2.24) is 0 Å². The van der Waals surface area contributed by atoms with Crippen LogP contribution < -0.4 is 9.47 Å². The van der Waals surface area contributed by atoms with Gasteiger partial charge in [-0.2, -0.15) is 0 Å². The number of carbonyl (C=O) groups excluding carboxylic acids is 1. The van der Waals surface area contributed by atoms with Crippen LogP contribution in [0.2, 0.25) is 0 Å². The highest BCUT2D eigenvalue weighted by atomic mass is 16.6. The first kappa shape index (κ1) is 12.5. The van der Waals surface area contributed by atoms with Crippen molar-refractivity contribution in [3.63, 3.8) is 0 Å². The Morgan fingerprint density at radius 3 is 2.69 bits per heavy atom. The highest BCUT2D eigenvalue weighted by Gasteiger charge is 2.14. The Kier molecular flexibility index (Phi) is 4.28. The smallest absolute Gasteiger partial charge is 0.308 e. The van der Waals surface area contributed by atoms with E-state index in [1.165, 1.54) is 19.9 Å². The van der Waals surface area contributed by atoms with E-state index in [0.717, 1.165) is 0 Å². The van der Waals surface area contributed by atoms with Crippen molar-refractivity contribution in [2.24, 2.45) is 0 Å². The number of carbonyl (C=O) groups is 1. The largest absolute Gasteiger partial charge is 0.461 e. The van der Waals surface area contributed by atoms with Crippen LogP contribution in [0, 0.1) is 0 Å². The van der Waals surface area contributed by atoms with Crippen molar-refractivity contribution in [3.8, 4) is 11.5 Å². The summed E-state index contributed by atoms with van der Waals surface area (Å²) in [6.07, 6.45) is -1.05. The van der Waals surface area contributed by atoms with E-state index in [1.807, 2.05) is 0 Å². The molecule has 5 heteroatoms. The normalized spacial score (nSPS) is 12.0. The zero-order valence-electron chi connectivity index (χ0n) is 9.14. The molecule has 0 aliphatic carbocycles. The third kappa shape index (κ3) is 3.22. The average molecular weight is 226 g/mol. The lowest BCUT2D eigenvalue weighted by atomic mass is 10.2. The van der Waals surface area contributed by atoms with E-state index in [0.29, 0.717) is 5.56 Å². The predicted octanol–water partition coefficient (Wildman–Crippen LogP) is 0.821. The molecule has 0 bridgehead atoms. The standard InChI is InChI=1S/C11H14O5/c1-7(13)15-10-5-3-4-9(6-12)11(10)16-8(2)14/h3-5,8,12,14H,6H2,1-2H3. The van der Waals surface area contributed by atoms with Gasteiger partial charge in [0, 0.05) is 12.5 Å². The molecule has 2 N–H and O–H groups in total. The monoisotopic (exact) mass is 226 g/mol. The summed E-state index contributed by atoms with van der Waals surface area (Å²) in [6.45, 7) is 2.42. The van der Waals surface area contributed by atoms with Gasteiger partial charge in [-0.05, 0) is 13.0 Å². The number of rotatable bonds is 4. The Balaban J connectivity index is 3.09. The minimum atomic E-state index is -1.05. The zero-order chi connectivity index (χ0) is 12.1. The van der Waals surface area contributed by atoms with Gasteiger partial charge >= 0.3 is 5.97 Å². The number of hydrogen-bond acceptors (Lipinski definition) is 5. The van der Waals surface area contributed by atoms with Crippen molar-refractivity contribution >= 4 is 5.97 Å². The summed E-state index contributed by atoms with van der Waals surface area (Å²) in [5, 5.41) is 18.2. The number of aliphatic hydroxyl groups excluding tert-OH is 2. The second-order valence-electron chi connectivity index (χ2n) is 3.21. The maximum Gasteiger partial charge on any atom is 0.308 e. The first-order valence-corrected chi connectivity index (χ1v) is 4.80. The van der Waals surface area contributed by atoms with Gasteiger partial charge in [0.15, 0.2) is 17.8 Å². The second-order valence-corrected chi connectivity index (χ2v) is 3.21. The summed E-state index contributed by atoms with van der Waals surface area (Å²) in [5.74, 6) is -0.138. The fourth-order valence-corrected chi connectivity index (χ4v) is 1.23. The van der Waals surface area contributed by atoms with Crippen molar-refractivity contribution in [2.45, 2.75) is 26.7 Å². The fourth-order valence-electron chi connectivity index (χ4n) is 1.23. The lowest BCUT2D eigenvalue weighted by Crippen LogP contribution is -2.13.